The normalized spacial score (nSPS) is 13.4. The van der Waals surface area contributed by atoms with E-state index in [1.807, 2.05) is 18.2 Å². The van der Waals surface area contributed by atoms with Crippen LogP contribution in [-0.4, -0.2) is 50.6 Å². The fourth-order valence-electron chi connectivity index (χ4n) is 2.22. The number of carbonyl (C=O) groups is 1. The predicted molar refractivity (Wildman–Crippen MR) is 74.0 cm³/mol. The molecule has 1 heterocycles. The molecule has 104 valence electrons. The maximum atomic E-state index is 12.3. The highest BCUT2D eigenvalue weighted by atomic mass is 16.5. The van der Waals surface area contributed by atoms with Gasteiger partial charge in [-0.05, 0) is 30.3 Å². The number of ether oxygens (including phenoxy) is 2. The van der Waals surface area contributed by atoms with Crippen molar-refractivity contribution >= 4 is 5.78 Å². The number of benzene rings is 1. The zero-order valence-electron chi connectivity index (χ0n) is 11.6. The first-order valence-electron chi connectivity index (χ1n) is 6.74. The van der Waals surface area contributed by atoms with E-state index in [4.69, 9.17) is 9.47 Å². The van der Waals surface area contributed by atoms with Crippen LogP contribution in [-0.2, 0) is 11.2 Å². The molecule has 0 saturated carbocycles. The summed E-state index contributed by atoms with van der Waals surface area (Å²) in [5.41, 5.74) is 1.92. The summed E-state index contributed by atoms with van der Waals surface area (Å²) in [7, 11) is 1.68. The summed E-state index contributed by atoms with van der Waals surface area (Å²) in [4.78, 5) is 14.3. The monoisotopic (exact) mass is 263 g/mol. The summed E-state index contributed by atoms with van der Waals surface area (Å²) in [5.74, 6) is 1.08. The third-order valence-electron chi connectivity index (χ3n) is 3.44. The maximum Gasteiger partial charge on any atom is 0.176 e. The number of ketones is 1. The van der Waals surface area contributed by atoms with Crippen LogP contribution in [0.4, 0.5) is 0 Å². The molecule has 0 aromatic heterocycles. The molecular formula is C15H21NO3. The van der Waals surface area contributed by atoms with E-state index in [0.717, 1.165) is 43.0 Å². The van der Waals surface area contributed by atoms with E-state index in [-0.39, 0.29) is 5.78 Å². The molecule has 0 radical (unpaired) electrons. The number of methoxy groups -OCH3 is 1. The fraction of sp³-hybridized carbons (Fsp3) is 0.533. The van der Waals surface area contributed by atoms with Crippen LogP contribution >= 0.6 is 0 Å². The van der Waals surface area contributed by atoms with E-state index in [9.17, 15) is 4.79 Å². The molecule has 1 aromatic carbocycles. The van der Waals surface area contributed by atoms with Crippen LogP contribution in [0.15, 0.2) is 18.2 Å². The molecule has 0 aliphatic carbocycles. The highest BCUT2D eigenvalue weighted by molar-refractivity contribution is 5.98. The Kier molecular flexibility index (Phi) is 4.93. The molecule has 0 spiro atoms. The van der Waals surface area contributed by atoms with Crippen molar-refractivity contribution in [3.05, 3.63) is 29.3 Å². The quantitative estimate of drug-likeness (QED) is 0.703. The lowest BCUT2D eigenvalue weighted by Crippen LogP contribution is -2.32. The fourth-order valence-corrected chi connectivity index (χ4v) is 2.22. The Labute approximate surface area is 114 Å². The first-order chi connectivity index (χ1) is 9.24. The minimum absolute atomic E-state index is 0.160. The Morgan fingerprint density at radius 2 is 2.32 bits per heavy atom. The molecule has 1 aromatic rings. The van der Waals surface area contributed by atoms with E-state index >= 15 is 0 Å². The average Bonchev–Trinajstić information content (AvgIpc) is 2.90. The maximum absolute atomic E-state index is 12.3. The second-order valence-electron chi connectivity index (χ2n) is 4.71. The Morgan fingerprint density at radius 3 is 3.05 bits per heavy atom. The van der Waals surface area contributed by atoms with Gasteiger partial charge >= 0.3 is 0 Å². The van der Waals surface area contributed by atoms with Crippen molar-refractivity contribution in [2.45, 2.75) is 13.3 Å². The number of nitrogens with zero attached hydrogens (tertiary/aromatic N) is 1. The lowest BCUT2D eigenvalue weighted by atomic mass is 10.1. The number of Topliss-reactive ketones (excluding diaryl/α,β-unsaturated/α-hetero) is 1. The summed E-state index contributed by atoms with van der Waals surface area (Å²) >= 11 is 0. The Morgan fingerprint density at radius 1 is 1.47 bits per heavy atom. The van der Waals surface area contributed by atoms with Gasteiger partial charge in [0.05, 0.1) is 19.8 Å². The molecule has 4 heteroatoms. The molecule has 0 bridgehead atoms. The highest BCUT2D eigenvalue weighted by Crippen LogP contribution is 2.26. The minimum Gasteiger partial charge on any atom is -0.493 e. The molecule has 4 nitrogen and oxygen atoms in total. The van der Waals surface area contributed by atoms with E-state index in [0.29, 0.717) is 13.2 Å². The van der Waals surface area contributed by atoms with Crippen LogP contribution in [0.3, 0.4) is 0 Å². The Bertz CT molecular complexity index is 445. The van der Waals surface area contributed by atoms with Crippen LogP contribution in [0.25, 0.3) is 0 Å². The minimum atomic E-state index is 0.160. The van der Waals surface area contributed by atoms with Crippen molar-refractivity contribution in [1.82, 2.24) is 4.90 Å². The van der Waals surface area contributed by atoms with Crippen molar-refractivity contribution in [2.75, 3.05) is 40.0 Å². The van der Waals surface area contributed by atoms with Gasteiger partial charge in [-0.1, -0.05) is 6.92 Å². The number of rotatable bonds is 7. The molecular weight excluding hydrogens is 242 g/mol. The molecule has 0 N–H and O–H groups in total. The number of hydrogen-bond acceptors (Lipinski definition) is 4. The van der Waals surface area contributed by atoms with Crippen LogP contribution in [0, 0.1) is 0 Å². The molecule has 1 aliphatic heterocycles. The third-order valence-corrected chi connectivity index (χ3v) is 3.44. The molecule has 1 aliphatic rings. The van der Waals surface area contributed by atoms with Gasteiger partial charge in [-0.3, -0.25) is 9.69 Å². The average molecular weight is 263 g/mol. The number of hydrogen-bond donors (Lipinski definition) is 0. The first-order valence-corrected chi connectivity index (χ1v) is 6.74. The van der Waals surface area contributed by atoms with Crippen molar-refractivity contribution in [1.29, 1.82) is 0 Å². The summed E-state index contributed by atoms with van der Waals surface area (Å²) in [6.45, 7) is 5.51. The van der Waals surface area contributed by atoms with Crippen LogP contribution in [0.1, 0.15) is 22.8 Å². The van der Waals surface area contributed by atoms with Gasteiger partial charge in [0.15, 0.2) is 5.78 Å². The van der Waals surface area contributed by atoms with Gasteiger partial charge in [-0.2, -0.15) is 0 Å². The van der Waals surface area contributed by atoms with Crippen LogP contribution in [0.2, 0.25) is 0 Å². The summed E-state index contributed by atoms with van der Waals surface area (Å²) in [5, 5.41) is 0. The van der Waals surface area contributed by atoms with E-state index in [2.05, 4.69) is 11.8 Å². The number of carbonyl (C=O) groups excluding carboxylic acids is 1. The molecule has 0 atom stereocenters. The third kappa shape index (κ3) is 3.55. The Balaban J connectivity index is 1.99. The van der Waals surface area contributed by atoms with Gasteiger partial charge < -0.3 is 9.47 Å². The zero-order chi connectivity index (χ0) is 13.7. The van der Waals surface area contributed by atoms with E-state index in [1.165, 1.54) is 0 Å². The van der Waals surface area contributed by atoms with Gasteiger partial charge in [0.25, 0.3) is 0 Å². The zero-order valence-corrected chi connectivity index (χ0v) is 11.6. The van der Waals surface area contributed by atoms with Gasteiger partial charge in [0.1, 0.15) is 5.75 Å². The molecule has 2 rings (SSSR count). The van der Waals surface area contributed by atoms with Crippen molar-refractivity contribution < 1.29 is 14.3 Å². The largest absolute Gasteiger partial charge is 0.493 e. The summed E-state index contributed by atoms with van der Waals surface area (Å²) < 4.78 is 10.5. The van der Waals surface area contributed by atoms with Gasteiger partial charge in [-0.15, -0.1) is 0 Å². The first kappa shape index (κ1) is 14.0. The molecule has 0 saturated heterocycles. The predicted octanol–water partition coefficient (Wildman–Crippen LogP) is 1.77. The molecule has 19 heavy (non-hydrogen) atoms. The van der Waals surface area contributed by atoms with Crippen molar-refractivity contribution in [3.63, 3.8) is 0 Å². The molecule has 0 amide bonds. The second kappa shape index (κ2) is 6.68. The highest BCUT2D eigenvalue weighted by Gasteiger charge is 2.16. The smallest absolute Gasteiger partial charge is 0.176 e. The SMILES string of the molecule is CCN(CCOC)CC(=O)c1ccc2c(c1)CCO2. The van der Waals surface area contributed by atoms with Gasteiger partial charge in [-0.25, -0.2) is 0 Å². The topological polar surface area (TPSA) is 38.8 Å². The number of likely N-dealkylation sites (N-methyl/N-ethyl adjacent to an activating group) is 1. The summed E-state index contributed by atoms with van der Waals surface area (Å²) in [6.07, 6.45) is 0.900. The molecule has 0 fully saturated rings. The number of fused-ring (bicyclic) bond motifs is 1. The van der Waals surface area contributed by atoms with Gasteiger partial charge in [0, 0.05) is 25.6 Å². The molecule has 0 unspecified atom stereocenters. The van der Waals surface area contributed by atoms with Crippen LogP contribution in [0.5, 0.6) is 5.75 Å². The standard InChI is InChI=1S/C15H21NO3/c1-3-16(7-9-18-2)11-14(17)12-4-5-15-13(10-12)6-8-19-15/h4-5,10H,3,6-9,11H2,1-2H3. The lowest BCUT2D eigenvalue weighted by molar-refractivity contribution is 0.0902. The van der Waals surface area contributed by atoms with Crippen LogP contribution < -0.4 is 4.74 Å². The van der Waals surface area contributed by atoms with Crippen molar-refractivity contribution in [2.24, 2.45) is 0 Å². The Hall–Kier alpha value is -1.39. The summed E-state index contributed by atoms with van der Waals surface area (Å²) in [6, 6.07) is 5.73. The van der Waals surface area contributed by atoms with Crippen molar-refractivity contribution in [3.8, 4) is 5.75 Å². The second-order valence-corrected chi connectivity index (χ2v) is 4.71. The van der Waals surface area contributed by atoms with Gasteiger partial charge in [0.2, 0.25) is 0 Å². The lowest BCUT2D eigenvalue weighted by Gasteiger charge is -2.19. The van der Waals surface area contributed by atoms with E-state index < -0.39 is 0 Å². The van der Waals surface area contributed by atoms with E-state index in [1.54, 1.807) is 7.11 Å².